The van der Waals surface area contributed by atoms with Crippen molar-refractivity contribution in [3.8, 4) is 0 Å². The van der Waals surface area contributed by atoms with E-state index in [1.54, 1.807) is 29.6 Å². The SMILES string of the molecule is Nc1ncnc2c1c(C(=O)c1cccc(NS(=O)(=O)c3cccs3)c1)cn2C1CCCC1. The molecule has 32 heavy (non-hydrogen) atoms. The molecule has 1 saturated carbocycles. The second-order valence-electron chi connectivity index (χ2n) is 7.79. The molecular weight excluding hydrogens is 446 g/mol. The quantitative estimate of drug-likeness (QED) is 0.410. The third kappa shape index (κ3) is 3.65. The minimum atomic E-state index is -3.71. The zero-order valence-electron chi connectivity index (χ0n) is 17.1. The topological polar surface area (TPSA) is 120 Å². The minimum absolute atomic E-state index is 0.207. The van der Waals surface area contributed by atoms with Crippen LogP contribution in [0, 0.1) is 0 Å². The number of sulfonamides is 1. The fourth-order valence-electron chi connectivity index (χ4n) is 4.24. The molecule has 0 unspecified atom stereocenters. The van der Waals surface area contributed by atoms with Crippen molar-refractivity contribution in [1.29, 1.82) is 0 Å². The van der Waals surface area contributed by atoms with Crippen LogP contribution in [0.15, 0.2) is 58.5 Å². The number of hydrogen-bond acceptors (Lipinski definition) is 7. The summed E-state index contributed by atoms with van der Waals surface area (Å²) in [6, 6.07) is 9.93. The Morgan fingerprint density at radius 3 is 2.72 bits per heavy atom. The van der Waals surface area contributed by atoms with Crippen molar-refractivity contribution in [2.45, 2.75) is 35.9 Å². The summed E-state index contributed by atoms with van der Waals surface area (Å²) in [7, 11) is -3.71. The highest BCUT2D eigenvalue weighted by atomic mass is 32.2. The Balaban J connectivity index is 1.53. The van der Waals surface area contributed by atoms with E-state index in [2.05, 4.69) is 14.7 Å². The number of ketones is 1. The van der Waals surface area contributed by atoms with Crippen LogP contribution in [-0.2, 0) is 10.0 Å². The first-order valence-electron chi connectivity index (χ1n) is 10.3. The molecule has 3 N–H and O–H groups in total. The number of carbonyl (C=O) groups excluding carboxylic acids is 1. The molecule has 5 rings (SSSR count). The number of hydrogen-bond donors (Lipinski definition) is 2. The summed E-state index contributed by atoms with van der Waals surface area (Å²) in [4.78, 5) is 22.0. The molecule has 0 amide bonds. The van der Waals surface area contributed by atoms with Gasteiger partial charge in [0, 0.05) is 23.5 Å². The van der Waals surface area contributed by atoms with Gasteiger partial charge in [-0.25, -0.2) is 18.4 Å². The van der Waals surface area contributed by atoms with Crippen LogP contribution in [0.2, 0.25) is 0 Å². The van der Waals surface area contributed by atoms with E-state index in [1.165, 1.54) is 18.5 Å². The van der Waals surface area contributed by atoms with E-state index >= 15 is 0 Å². The molecular formula is C22H21N5O3S2. The van der Waals surface area contributed by atoms with Crippen molar-refractivity contribution in [2.75, 3.05) is 10.5 Å². The third-order valence-electron chi connectivity index (χ3n) is 5.74. The van der Waals surface area contributed by atoms with Crippen LogP contribution in [0.4, 0.5) is 11.5 Å². The Labute approximate surface area is 189 Å². The molecule has 8 nitrogen and oxygen atoms in total. The van der Waals surface area contributed by atoms with Gasteiger partial charge in [-0.05, 0) is 36.4 Å². The van der Waals surface area contributed by atoms with Crippen LogP contribution in [-0.4, -0.2) is 28.7 Å². The monoisotopic (exact) mass is 467 g/mol. The number of fused-ring (bicyclic) bond motifs is 1. The maximum atomic E-state index is 13.5. The number of nitrogen functional groups attached to an aromatic ring is 1. The second-order valence-corrected chi connectivity index (χ2v) is 10.7. The summed E-state index contributed by atoms with van der Waals surface area (Å²) in [5.74, 6) is -0.00457. The summed E-state index contributed by atoms with van der Waals surface area (Å²) >= 11 is 1.13. The molecule has 0 aliphatic heterocycles. The maximum Gasteiger partial charge on any atom is 0.271 e. The maximum absolute atomic E-state index is 13.5. The van der Waals surface area contributed by atoms with Crippen molar-refractivity contribution in [3.05, 3.63) is 65.4 Å². The van der Waals surface area contributed by atoms with Gasteiger partial charge in [-0.2, -0.15) is 0 Å². The molecule has 1 aliphatic carbocycles. The lowest BCUT2D eigenvalue weighted by atomic mass is 10.0. The Hall–Kier alpha value is -3.24. The molecule has 0 spiro atoms. The van der Waals surface area contributed by atoms with E-state index in [4.69, 9.17) is 5.73 Å². The van der Waals surface area contributed by atoms with Crippen LogP contribution in [0.3, 0.4) is 0 Å². The minimum Gasteiger partial charge on any atom is -0.383 e. The van der Waals surface area contributed by atoms with Gasteiger partial charge in [0.05, 0.1) is 10.9 Å². The first-order chi connectivity index (χ1) is 15.4. The molecule has 3 aromatic heterocycles. The lowest BCUT2D eigenvalue weighted by Crippen LogP contribution is -2.12. The lowest BCUT2D eigenvalue weighted by Gasteiger charge is -2.12. The van der Waals surface area contributed by atoms with Crippen molar-refractivity contribution in [1.82, 2.24) is 14.5 Å². The molecule has 1 fully saturated rings. The molecule has 0 atom stereocenters. The molecule has 164 valence electrons. The van der Waals surface area contributed by atoms with Gasteiger partial charge in [0.2, 0.25) is 0 Å². The van der Waals surface area contributed by atoms with Gasteiger partial charge < -0.3 is 10.3 Å². The molecule has 0 radical (unpaired) electrons. The molecule has 4 aromatic rings. The first kappa shape index (κ1) is 20.7. The molecule has 1 aromatic carbocycles. The standard InChI is InChI=1S/C22H21N5O3S2/c23-21-19-17(12-27(16-7-1-2-8-16)22(19)25-13-24-21)20(28)14-5-3-6-15(11-14)26-32(29,30)18-9-4-10-31-18/h3-6,9-13,16,26H,1-2,7-8H2,(H2,23,24,25). The van der Waals surface area contributed by atoms with Crippen LogP contribution in [0.1, 0.15) is 47.6 Å². The largest absolute Gasteiger partial charge is 0.383 e. The van der Waals surface area contributed by atoms with Crippen LogP contribution >= 0.6 is 11.3 Å². The Kier molecular flexibility index (Phi) is 5.18. The highest BCUT2D eigenvalue weighted by Crippen LogP contribution is 2.35. The smallest absolute Gasteiger partial charge is 0.271 e. The van der Waals surface area contributed by atoms with Gasteiger partial charge in [0.1, 0.15) is 22.0 Å². The van der Waals surface area contributed by atoms with Crippen LogP contribution in [0.5, 0.6) is 0 Å². The summed E-state index contributed by atoms with van der Waals surface area (Å²) in [6.45, 7) is 0. The predicted octanol–water partition coefficient (Wildman–Crippen LogP) is 4.22. The van der Waals surface area contributed by atoms with Gasteiger partial charge >= 0.3 is 0 Å². The number of thiophene rings is 1. The summed E-state index contributed by atoms with van der Waals surface area (Å²) in [6.07, 6.45) is 7.57. The van der Waals surface area contributed by atoms with Gasteiger partial charge in [-0.1, -0.05) is 31.0 Å². The highest BCUT2D eigenvalue weighted by Gasteiger charge is 2.26. The zero-order valence-corrected chi connectivity index (χ0v) is 18.7. The van der Waals surface area contributed by atoms with Gasteiger partial charge in [0.15, 0.2) is 5.78 Å². The molecule has 0 saturated heterocycles. The normalized spacial score (nSPS) is 14.8. The Morgan fingerprint density at radius 1 is 1.16 bits per heavy atom. The average Bonchev–Trinajstić information content (AvgIpc) is 3.54. The summed E-state index contributed by atoms with van der Waals surface area (Å²) in [5, 5.41) is 2.23. The fraction of sp³-hybridized carbons (Fsp3) is 0.227. The van der Waals surface area contributed by atoms with E-state index in [-0.39, 0.29) is 21.9 Å². The first-order valence-corrected chi connectivity index (χ1v) is 12.6. The van der Waals surface area contributed by atoms with E-state index in [0.717, 1.165) is 37.0 Å². The summed E-state index contributed by atoms with van der Waals surface area (Å²) in [5.41, 5.74) is 7.88. The summed E-state index contributed by atoms with van der Waals surface area (Å²) < 4.78 is 29.9. The number of aromatic nitrogens is 3. The van der Waals surface area contributed by atoms with Crippen LogP contribution in [0.25, 0.3) is 11.0 Å². The Bertz CT molecular complexity index is 1400. The van der Waals surface area contributed by atoms with Crippen LogP contribution < -0.4 is 10.5 Å². The van der Waals surface area contributed by atoms with E-state index in [1.807, 2.05) is 10.8 Å². The lowest BCUT2D eigenvalue weighted by molar-refractivity contribution is 0.104. The fourth-order valence-corrected chi connectivity index (χ4v) is 6.28. The predicted molar refractivity (Wildman–Crippen MR) is 124 cm³/mol. The third-order valence-corrected chi connectivity index (χ3v) is 8.52. The zero-order chi connectivity index (χ0) is 22.3. The number of rotatable bonds is 6. The van der Waals surface area contributed by atoms with Crippen molar-refractivity contribution in [2.24, 2.45) is 0 Å². The van der Waals surface area contributed by atoms with Crippen molar-refractivity contribution in [3.63, 3.8) is 0 Å². The number of nitrogens with zero attached hydrogens (tertiary/aromatic N) is 3. The highest BCUT2D eigenvalue weighted by molar-refractivity contribution is 7.94. The van der Waals surface area contributed by atoms with E-state index in [0.29, 0.717) is 27.8 Å². The van der Waals surface area contributed by atoms with Gasteiger partial charge in [-0.3, -0.25) is 9.52 Å². The Morgan fingerprint density at radius 2 is 1.97 bits per heavy atom. The van der Waals surface area contributed by atoms with Gasteiger partial charge in [0.25, 0.3) is 10.0 Å². The molecule has 0 bridgehead atoms. The molecule has 10 heteroatoms. The van der Waals surface area contributed by atoms with Crippen molar-refractivity contribution >= 4 is 49.7 Å². The average molecular weight is 468 g/mol. The van der Waals surface area contributed by atoms with Crippen molar-refractivity contribution < 1.29 is 13.2 Å². The molecule has 3 heterocycles. The number of benzene rings is 1. The molecule has 1 aliphatic rings. The number of nitrogens with two attached hydrogens (primary N) is 1. The van der Waals surface area contributed by atoms with Gasteiger partial charge in [-0.15, -0.1) is 11.3 Å². The number of carbonyl (C=O) groups is 1. The van der Waals surface area contributed by atoms with E-state index in [9.17, 15) is 13.2 Å². The second kappa shape index (κ2) is 8.03. The number of anilines is 2. The number of nitrogens with one attached hydrogen (secondary N) is 1. The van der Waals surface area contributed by atoms with E-state index < -0.39 is 10.0 Å².